The van der Waals surface area contributed by atoms with Gasteiger partial charge in [-0.3, -0.25) is 4.31 Å². The van der Waals surface area contributed by atoms with E-state index in [1.165, 1.54) is 30.7 Å². The summed E-state index contributed by atoms with van der Waals surface area (Å²) in [5.41, 5.74) is 1.24. The van der Waals surface area contributed by atoms with Gasteiger partial charge >= 0.3 is 0 Å². The smallest absolute Gasteiger partial charge is 0.264 e. The van der Waals surface area contributed by atoms with E-state index in [4.69, 9.17) is 25.8 Å². The van der Waals surface area contributed by atoms with Crippen molar-refractivity contribution in [3.05, 3.63) is 77.3 Å². The molecule has 0 amide bonds. The van der Waals surface area contributed by atoms with E-state index >= 15 is 0 Å². The maximum atomic E-state index is 13.5. The van der Waals surface area contributed by atoms with Crippen molar-refractivity contribution in [1.82, 2.24) is 0 Å². The summed E-state index contributed by atoms with van der Waals surface area (Å²) < 4.78 is 44.2. The van der Waals surface area contributed by atoms with E-state index in [1.807, 2.05) is 12.1 Å². The van der Waals surface area contributed by atoms with Crippen LogP contribution in [-0.2, 0) is 16.6 Å². The van der Waals surface area contributed by atoms with Gasteiger partial charge in [0.1, 0.15) is 5.75 Å². The third-order valence-corrected chi connectivity index (χ3v) is 6.58. The molecule has 0 spiro atoms. The zero-order valence-corrected chi connectivity index (χ0v) is 18.4. The third-order valence-electron chi connectivity index (χ3n) is 4.54. The van der Waals surface area contributed by atoms with Crippen LogP contribution in [0.4, 0.5) is 5.69 Å². The fourth-order valence-corrected chi connectivity index (χ4v) is 4.50. The lowest BCUT2D eigenvalue weighted by Crippen LogP contribution is -2.30. The summed E-state index contributed by atoms with van der Waals surface area (Å²) in [5.74, 6) is 1.63. The molecule has 0 aliphatic carbocycles. The number of sulfonamides is 1. The lowest BCUT2D eigenvalue weighted by atomic mass is 10.2. The van der Waals surface area contributed by atoms with Gasteiger partial charge in [0.25, 0.3) is 10.0 Å². The number of nitrogens with zero attached hydrogens (tertiary/aromatic N) is 1. The molecule has 0 radical (unpaired) electrons. The first-order chi connectivity index (χ1) is 14.4. The second-order valence-corrected chi connectivity index (χ2v) is 8.65. The van der Waals surface area contributed by atoms with Gasteiger partial charge < -0.3 is 14.2 Å². The molecule has 0 unspecified atom stereocenters. The second-order valence-electron chi connectivity index (χ2n) is 6.35. The van der Waals surface area contributed by atoms with E-state index in [0.717, 1.165) is 5.56 Å². The minimum atomic E-state index is -3.88. The first-order valence-corrected chi connectivity index (χ1v) is 10.8. The molecule has 3 aromatic carbocycles. The van der Waals surface area contributed by atoms with Crippen LogP contribution < -0.4 is 18.5 Å². The highest BCUT2D eigenvalue weighted by molar-refractivity contribution is 7.92. The van der Waals surface area contributed by atoms with E-state index in [-0.39, 0.29) is 11.4 Å². The van der Waals surface area contributed by atoms with E-state index in [0.29, 0.717) is 28.0 Å². The second kappa shape index (κ2) is 9.28. The summed E-state index contributed by atoms with van der Waals surface area (Å²) in [4.78, 5) is 0.134. The monoisotopic (exact) mass is 447 g/mol. The Morgan fingerprint density at radius 3 is 2.00 bits per heavy atom. The van der Waals surface area contributed by atoms with Crippen LogP contribution in [0.1, 0.15) is 5.56 Å². The maximum absolute atomic E-state index is 13.5. The normalized spacial score (nSPS) is 11.1. The van der Waals surface area contributed by atoms with Gasteiger partial charge in [0.05, 0.1) is 38.5 Å². The third kappa shape index (κ3) is 4.63. The Balaban J connectivity index is 2.09. The van der Waals surface area contributed by atoms with Crippen molar-refractivity contribution >= 4 is 27.3 Å². The van der Waals surface area contributed by atoms with Crippen molar-refractivity contribution in [3.63, 3.8) is 0 Å². The van der Waals surface area contributed by atoms with Crippen LogP contribution in [0.3, 0.4) is 0 Å². The summed E-state index contributed by atoms with van der Waals surface area (Å²) in [6, 6.07) is 18.3. The number of hydrogen-bond donors (Lipinski definition) is 0. The largest absolute Gasteiger partial charge is 0.497 e. The predicted molar refractivity (Wildman–Crippen MR) is 117 cm³/mol. The minimum absolute atomic E-state index is 0.116. The summed E-state index contributed by atoms with van der Waals surface area (Å²) >= 11 is 5.94. The average molecular weight is 448 g/mol. The molecule has 0 aliphatic rings. The van der Waals surface area contributed by atoms with Crippen molar-refractivity contribution in [2.24, 2.45) is 0 Å². The Morgan fingerprint density at radius 2 is 1.43 bits per heavy atom. The van der Waals surface area contributed by atoms with Gasteiger partial charge in [0.15, 0.2) is 11.5 Å². The van der Waals surface area contributed by atoms with Crippen molar-refractivity contribution in [2.75, 3.05) is 25.6 Å². The predicted octanol–water partition coefficient (Wildman–Crippen LogP) is 4.76. The van der Waals surface area contributed by atoms with Crippen LogP contribution >= 0.6 is 11.6 Å². The summed E-state index contributed by atoms with van der Waals surface area (Å²) in [6.07, 6.45) is 0. The van der Waals surface area contributed by atoms with Gasteiger partial charge in [-0.05, 0) is 54.1 Å². The molecule has 0 N–H and O–H groups in total. The first kappa shape index (κ1) is 21.8. The van der Waals surface area contributed by atoms with Gasteiger partial charge in [0, 0.05) is 11.1 Å². The average Bonchev–Trinajstić information content (AvgIpc) is 2.77. The van der Waals surface area contributed by atoms with Gasteiger partial charge in [-0.15, -0.1) is 0 Å². The molecule has 158 valence electrons. The highest BCUT2D eigenvalue weighted by Crippen LogP contribution is 2.35. The van der Waals surface area contributed by atoms with Gasteiger partial charge in [-0.1, -0.05) is 23.7 Å². The Labute approximate surface area is 181 Å². The molecule has 3 aromatic rings. The molecule has 0 bridgehead atoms. The van der Waals surface area contributed by atoms with Crippen LogP contribution in [0.15, 0.2) is 71.6 Å². The molecular formula is C22H22ClNO5S. The molecule has 0 aliphatic heterocycles. The first-order valence-electron chi connectivity index (χ1n) is 9.02. The number of ether oxygens (including phenoxy) is 3. The van der Waals surface area contributed by atoms with E-state index in [2.05, 4.69) is 0 Å². The summed E-state index contributed by atoms with van der Waals surface area (Å²) in [7, 11) is 0.725. The highest BCUT2D eigenvalue weighted by Gasteiger charge is 2.26. The van der Waals surface area contributed by atoms with Crippen LogP contribution in [-0.4, -0.2) is 29.7 Å². The van der Waals surface area contributed by atoms with Gasteiger partial charge in [-0.25, -0.2) is 8.42 Å². The Hall–Kier alpha value is -2.90. The minimum Gasteiger partial charge on any atom is -0.497 e. The number of benzene rings is 3. The van der Waals surface area contributed by atoms with Crippen LogP contribution in [0.2, 0.25) is 5.02 Å². The summed E-state index contributed by atoms with van der Waals surface area (Å²) in [6.45, 7) is 0.116. The zero-order valence-electron chi connectivity index (χ0n) is 16.8. The molecule has 0 fully saturated rings. The lowest BCUT2D eigenvalue weighted by molar-refractivity contribution is 0.355. The maximum Gasteiger partial charge on any atom is 0.264 e. The van der Waals surface area contributed by atoms with Crippen LogP contribution in [0, 0.1) is 0 Å². The van der Waals surface area contributed by atoms with Crippen molar-refractivity contribution < 1.29 is 22.6 Å². The number of halogens is 1. The van der Waals surface area contributed by atoms with Crippen molar-refractivity contribution in [2.45, 2.75) is 11.4 Å². The van der Waals surface area contributed by atoms with Crippen molar-refractivity contribution in [3.8, 4) is 17.2 Å². The molecule has 6 nitrogen and oxygen atoms in total. The summed E-state index contributed by atoms with van der Waals surface area (Å²) in [5, 5.41) is 0.460. The Bertz CT molecular complexity index is 1100. The quantitative estimate of drug-likeness (QED) is 0.498. The Morgan fingerprint density at radius 1 is 0.800 bits per heavy atom. The number of hydrogen-bond acceptors (Lipinski definition) is 5. The lowest BCUT2D eigenvalue weighted by Gasteiger charge is -2.25. The topological polar surface area (TPSA) is 65.1 Å². The van der Waals surface area contributed by atoms with Crippen molar-refractivity contribution in [1.29, 1.82) is 0 Å². The van der Waals surface area contributed by atoms with Crippen LogP contribution in [0.5, 0.6) is 17.2 Å². The molecule has 0 saturated heterocycles. The fraction of sp³-hybridized carbons (Fsp3) is 0.182. The van der Waals surface area contributed by atoms with E-state index < -0.39 is 10.0 Å². The van der Waals surface area contributed by atoms with Crippen LogP contribution in [0.25, 0.3) is 0 Å². The molecule has 30 heavy (non-hydrogen) atoms. The van der Waals surface area contributed by atoms with E-state index in [1.54, 1.807) is 49.6 Å². The number of anilines is 1. The molecule has 0 aromatic heterocycles. The zero-order chi connectivity index (χ0) is 21.7. The van der Waals surface area contributed by atoms with Gasteiger partial charge in [0.2, 0.25) is 0 Å². The molecule has 0 saturated carbocycles. The van der Waals surface area contributed by atoms with E-state index in [9.17, 15) is 8.42 Å². The standard InChI is InChI=1S/C22H22ClNO5S/c1-27-19-9-4-16(5-10-19)15-24(18-8-13-21(28-2)22(14-18)29-3)30(25,26)20-11-6-17(23)7-12-20/h4-14H,15H2,1-3H3. The SMILES string of the molecule is COc1ccc(CN(c2ccc(OC)c(OC)c2)S(=O)(=O)c2ccc(Cl)cc2)cc1. The van der Waals surface area contributed by atoms with Gasteiger partial charge in [-0.2, -0.15) is 0 Å². The number of methoxy groups -OCH3 is 3. The highest BCUT2D eigenvalue weighted by atomic mass is 35.5. The Kier molecular flexibility index (Phi) is 6.74. The molecule has 0 atom stereocenters. The molecule has 0 heterocycles. The fourth-order valence-electron chi connectivity index (χ4n) is 2.93. The molecule has 3 rings (SSSR count). The number of rotatable bonds is 8. The molecular weight excluding hydrogens is 426 g/mol. The molecule has 8 heteroatoms.